The molecule has 1 N–H and O–H groups in total. The average molecular weight is 289 g/mol. The van der Waals surface area contributed by atoms with E-state index in [4.69, 9.17) is 9.26 Å². The minimum absolute atomic E-state index is 0.136. The standard InChI is InChI=1S/C15H19N3O3/c1-3-4-9-16-15(19)12-7-5-6-8-13(12)20-10-14-17-11(2)21-18-14/h5-8H,3-4,9-10H2,1-2H3,(H,16,19). The lowest BCUT2D eigenvalue weighted by Gasteiger charge is -2.10. The first-order valence-corrected chi connectivity index (χ1v) is 7.00. The number of hydrogen-bond donors (Lipinski definition) is 1. The zero-order chi connectivity index (χ0) is 15.1. The fraction of sp³-hybridized carbons (Fsp3) is 0.400. The molecule has 2 aromatic rings. The molecule has 1 amide bonds. The number of aromatic nitrogens is 2. The van der Waals surface area contributed by atoms with Crippen LogP contribution in [-0.4, -0.2) is 22.6 Å². The summed E-state index contributed by atoms with van der Waals surface area (Å²) in [4.78, 5) is 16.2. The van der Waals surface area contributed by atoms with E-state index in [1.165, 1.54) is 0 Å². The SMILES string of the molecule is CCCCNC(=O)c1ccccc1OCc1noc(C)n1. The number of carbonyl (C=O) groups excluding carboxylic acids is 1. The number of nitrogens with zero attached hydrogens (tertiary/aromatic N) is 2. The van der Waals surface area contributed by atoms with Crippen molar-refractivity contribution >= 4 is 5.91 Å². The van der Waals surface area contributed by atoms with Gasteiger partial charge in [0.15, 0.2) is 6.61 Å². The molecule has 1 aromatic heterocycles. The minimum Gasteiger partial charge on any atom is -0.485 e. The molecular formula is C15H19N3O3. The molecule has 0 saturated heterocycles. The normalized spacial score (nSPS) is 10.4. The number of hydrogen-bond acceptors (Lipinski definition) is 5. The van der Waals surface area contributed by atoms with Gasteiger partial charge in [-0.05, 0) is 18.6 Å². The molecule has 0 aliphatic rings. The lowest BCUT2D eigenvalue weighted by atomic mass is 10.2. The van der Waals surface area contributed by atoms with Crippen molar-refractivity contribution in [2.24, 2.45) is 0 Å². The van der Waals surface area contributed by atoms with E-state index in [0.29, 0.717) is 29.6 Å². The van der Waals surface area contributed by atoms with E-state index < -0.39 is 0 Å². The molecule has 1 heterocycles. The van der Waals surface area contributed by atoms with Crippen molar-refractivity contribution < 1.29 is 14.1 Å². The quantitative estimate of drug-likeness (QED) is 0.792. The highest BCUT2D eigenvalue weighted by Gasteiger charge is 2.12. The van der Waals surface area contributed by atoms with Crippen LogP contribution in [0.4, 0.5) is 0 Å². The van der Waals surface area contributed by atoms with E-state index >= 15 is 0 Å². The van der Waals surface area contributed by atoms with Gasteiger partial charge in [0.2, 0.25) is 11.7 Å². The second-order valence-corrected chi connectivity index (χ2v) is 4.62. The van der Waals surface area contributed by atoms with Gasteiger partial charge in [0.1, 0.15) is 5.75 Å². The van der Waals surface area contributed by atoms with Gasteiger partial charge in [-0.2, -0.15) is 4.98 Å². The number of unbranched alkanes of at least 4 members (excludes halogenated alkanes) is 1. The topological polar surface area (TPSA) is 77.2 Å². The van der Waals surface area contributed by atoms with Crippen LogP contribution in [0.15, 0.2) is 28.8 Å². The van der Waals surface area contributed by atoms with Gasteiger partial charge in [0.05, 0.1) is 5.56 Å². The summed E-state index contributed by atoms with van der Waals surface area (Å²) in [6.07, 6.45) is 1.99. The first-order chi connectivity index (χ1) is 10.2. The van der Waals surface area contributed by atoms with Gasteiger partial charge in [-0.25, -0.2) is 0 Å². The Morgan fingerprint density at radius 2 is 2.19 bits per heavy atom. The van der Waals surface area contributed by atoms with E-state index in [1.807, 2.05) is 6.07 Å². The van der Waals surface area contributed by atoms with Gasteiger partial charge in [-0.15, -0.1) is 0 Å². The molecule has 0 aliphatic heterocycles. The summed E-state index contributed by atoms with van der Waals surface area (Å²) < 4.78 is 10.5. The Kier molecular flexibility index (Phi) is 5.31. The molecule has 0 unspecified atom stereocenters. The van der Waals surface area contributed by atoms with E-state index in [0.717, 1.165) is 12.8 Å². The highest BCUT2D eigenvalue weighted by atomic mass is 16.5. The monoisotopic (exact) mass is 289 g/mol. The van der Waals surface area contributed by atoms with Crippen molar-refractivity contribution in [3.05, 3.63) is 41.5 Å². The second kappa shape index (κ2) is 7.42. The van der Waals surface area contributed by atoms with Crippen LogP contribution in [0.25, 0.3) is 0 Å². The molecule has 0 atom stereocenters. The average Bonchev–Trinajstić information content (AvgIpc) is 2.91. The number of nitrogens with one attached hydrogen (secondary N) is 1. The van der Waals surface area contributed by atoms with Crippen molar-refractivity contribution in [2.45, 2.75) is 33.3 Å². The predicted molar refractivity (Wildman–Crippen MR) is 77.1 cm³/mol. The summed E-state index contributed by atoms with van der Waals surface area (Å²) in [7, 11) is 0. The molecule has 6 heteroatoms. The summed E-state index contributed by atoms with van der Waals surface area (Å²) in [6.45, 7) is 4.62. The van der Waals surface area contributed by atoms with Gasteiger partial charge in [0.25, 0.3) is 5.91 Å². The number of amides is 1. The minimum atomic E-state index is -0.136. The molecule has 0 aliphatic carbocycles. The molecule has 0 saturated carbocycles. The number of ether oxygens (including phenoxy) is 1. The molecule has 0 radical (unpaired) electrons. The zero-order valence-electron chi connectivity index (χ0n) is 12.3. The van der Waals surface area contributed by atoms with E-state index in [-0.39, 0.29) is 12.5 Å². The number of para-hydroxylation sites is 1. The number of aryl methyl sites for hydroxylation is 1. The van der Waals surface area contributed by atoms with Crippen LogP contribution >= 0.6 is 0 Å². The summed E-state index contributed by atoms with van der Waals surface area (Å²) in [5, 5.41) is 6.63. The molecule has 21 heavy (non-hydrogen) atoms. The summed E-state index contributed by atoms with van der Waals surface area (Å²) in [5.74, 6) is 1.31. The van der Waals surface area contributed by atoms with Crippen molar-refractivity contribution in [2.75, 3.05) is 6.54 Å². The third kappa shape index (κ3) is 4.30. The smallest absolute Gasteiger partial charge is 0.255 e. The number of benzene rings is 1. The molecule has 0 spiro atoms. The fourth-order valence-corrected chi connectivity index (χ4v) is 1.80. The van der Waals surface area contributed by atoms with E-state index in [9.17, 15) is 4.79 Å². The van der Waals surface area contributed by atoms with Crippen molar-refractivity contribution in [1.29, 1.82) is 0 Å². The van der Waals surface area contributed by atoms with Crippen LogP contribution in [0.3, 0.4) is 0 Å². The van der Waals surface area contributed by atoms with Crippen molar-refractivity contribution in [3.63, 3.8) is 0 Å². The first kappa shape index (κ1) is 15.0. The van der Waals surface area contributed by atoms with Gasteiger partial charge in [0, 0.05) is 13.5 Å². The number of carbonyl (C=O) groups is 1. The van der Waals surface area contributed by atoms with Crippen LogP contribution < -0.4 is 10.1 Å². The molecule has 6 nitrogen and oxygen atoms in total. The summed E-state index contributed by atoms with van der Waals surface area (Å²) >= 11 is 0. The maximum absolute atomic E-state index is 12.1. The van der Waals surface area contributed by atoms with Crippen LogP contribution in [0.5, 0.6) is 5.75 Å². The lowest BCUT2D eigenvalue weighted by Crippen LogP contribution is -2.24. The van der Waals surface area contributed by atoms with Gasteiger partial charge >= 0.3 is 0 Å². The largest absolute Gasteiger partial charge is 0.485 e. The Labute approximate surface area is 123 Å². The third-order valence-corrected chi connectivity index (χ3v) is 2.87. The maximum Gasteiger partial charge on any atom is 0.255 e. The Morgan fingerprint density at radius 1 is 1.38 bits per heavy atom. The summed E-state index contributed by atoms with van der Waals surface area (Å²) in [6, 6.07) is 7.11. The van der Waals surface area contributed by atoms with Crippen molar-refractivity contribution in [3.8, 4) is 5.75 Å². The Bertz CT molecular complexity index is 595. The molecule has 1 aromatic carbocycles. The molecular weight excluding hydrogens is 270 g/mol. The lowest BCUT2D eigenvalue weighted by molar-refractivity contribution is 0.0948. The maximum atomic E-state index is 12.1. The van der Waals surface area contributed by atoms with Crippen molar-refractivity contribution in [1.82, 2.24) is 15.5 Å². The van der Waals surface area contributed by atoms with Crippen LogP contribution in [0.2, 0.25) is 0 Å². The van der Waals surface area contributed by atoms with Crippen LogP contribution in [-0.2, 0) is 6.61 Å². The molecule has 112 valence electrons. The zero-order valence-corrected chi connectivity index (χ0v) is 12.3. The van der Waals surface area contributed by atoms with E-state index in [1.54, 1.807) is 25.1 Å². The molecule has 0 bridgehead atoms. The molecule has 0 fully saturated rings. The van der Waals surface area contributed by atoms with Crippen LogP contribution in [0, 0.1) is 6.92 Å². The van der Waals surface area contributed by atoms with Gasteiger partial charge in [-0.3, -0.25) is 4.79 Å². The Morgan fingerprint density at radius 3 is 2.90 bits per heavy atom. The van der Waals surface area contributed by atoms with Gasteiger partial charge < -0.3 is 14.6 Å². The predicted octanol–water partition coefficient (Wildman–Crippen LogP) is 2.49. The first-order valence-electron chi connectivity index (χ1n) is 7.00. The fourth-order valence-electron chi connectivity index (χ4n) is 1.80. The Hall–Kier alpha value is -2.37. The van der Waals surface area contributed by atoms with Crippen LogP contribution in [0.1, 0.15) is 41.8 Å². The summed E-state index contributed by atoms with van der Waals surface area (Å²) in [5.41, 5.74) is 0.508. The highest BCUT2D eigenvalue weighted by molar-refractivity contribution is 5.96. The Balaban J connectivity index is 2.00. The second-order valence-electron chi connectivity index (χ2n) is 4.62. The van der Waals surface area contributed by atoms with Gasteiger partial charge in [-0.1, -0.05) is 30.6 Å². The highest BCUT2D eigenvalue weighted by Crippen LogP contribution is 2.18. The number of rotatable bonds is 7. The third-order valence-electron chi connectivity index (χ3n) is 2.87. The van der Waals surface area contributed by atoms with E-state index in [2.05, 4.69) is 22.4 Å². The molecule has 2 rings (SSSR count).